The molecule has 0 fully saturated rings. The summed E-state index contributed by atoms with van der Waals surface area (Å²) in [6.07, 6.45) is 1.81. The molecule has 0 unspecified atom stereocenters. The van der Waals surface area contributed by atoms with Gasteiger partial charge in [0, 0.05) is 6.20 Å². The number of para-hydroxylation sites is 1. The first kappa shape index (κ1) is 17.6. The Morgan fingerprint density at radius 1 is 1.15 bits per heavy atom. The molecule has 2 heterocycles. The third kappa shape index (κ3) is 3.56. The van der Waals surface area contributed by atoms with Gasteiger partial charge in [-0.15, -0.1) is 10.2 Å². The summed E-state index contributed by atoms with van der Waals surface area (Å²) in [5.41, 5.74) is 2.35. The number of ether oxygens (including phenoxy) is 2. The molecule has 3 rings (SSSR count). The number of azo groups is 1. The molecular weight excluding hydrogens is 332 g/mol. The normalized spacial score (nSPS) is 11.2. The molecule has 0 spiro atoms. The standard InChI is InChI=1S/C19H20N4O3/c1-4-25-15-9-7-6-8-14(15)21-22-18-17(19(24)26-5-2)20-16-12-13(3)10-11-23(16)18/h6-12H,4-5H2,1-3H3. The number of hydrogen-bond acceptors (Lipinski definition) is 6. The van der Waals surface area contributed by atoms with Gasteiger partial charge in [-0.1, -0.05) is 12.1 Å². The topological polar surface area (TPSA) is 77.5 Å². The monoisotopic (exact) mass is 352 g/mol. The van der Waals surface area contributed by atoms with Crippen LogP contribution < -0.4 is 4.74 Å². The number of esters is 1. The van der Waals surface area contributed by atoms with Crippen molar-refractivity contribution in [3.63, 3.8) is 0 Å². The Morgan fingerprint density at radius 3 is 2.73 bits per heavy atom. The summed E-state index contributed by atoms with van der Waals surface area (Å²) >= 11 is 0. The van der Waals surface area contributed by atoms with Crippen LogP contribution in [0.5, 0.6) is 5.75 Å². The van der Waals surface area contributed by atoms with E-state index in [1.54, 1.807) is 17.4 Å². The lowest BCUT2D eigenvalue weighted by molar-refractivity contribution is 0.0521. The SMILES string of the molecule is CCOC(=O)c1nc2cc(C)ccn2c1N=Nc1ccccc1OCC. The summed E-state index contributed by atoms with van der Waals surface area (Å²) in [5, 5.41) is 8.56. The molecule has 7 nitrogen and oxygen atoms in total. The van der Waals surface area contributed by atoms with Gasteiger partial charge in [-0.25, -0.2) is 9.78 Å². The first-order valence-corrected chi connectivity index (χ1v) is 8.43. The number of nitrogens with zero attached hydrogens (tertiary/aromatic N) is 4. The third-order valence-electron chi connectivity index (χ3n) is 3.64. The van der Waals surface area contributed by atoms with E-state index in [1.807, 2.05) is 50.4 Å². The fourth-order valence-electron chi connectivity index (χ4n) is 2.48. The molecule has 3 aromatic rings. The minimum absolute atomic E-state index is 0.134. The van der Waals surface area contributed by atoms with Crippen LogP contribution in [-0.4, -0.2) is 28.6 Å². The second-order valence-corrected chi connectivity index (χ2v) is 5.54. The van der Waals surface area contributed by atoms with Crippen molar-refractivity contribution in [3.05, 3.63) is 53.9 Å². The molecule has 0 amide bonds. The fraction of sp³-hybridized carbons (Fsp3) is 0.263. The molecule has 1 aromatic carbocycles. The number of fused-ring (bicyclic) bond motifs is 1. The van der Waals surface area contributed by atoms with Crippen molar-refractivity contribution in [2.75, 3.05) is 13.2 Å². The summed E-state index contributed by atoms with van der Waals surface area (Å²) in [6, 6.07) is 11.1. The highest BCUT2D eigenvalue weighted by molar-refractivity contribution is 5.93. The second-order valence-electron chi connectivity index (χ2n) is 5.54. The van der Waals surface area contributed by atoms with Gasteiger partial charge in [0.05, 0.1) is 13.2 Å². The maximum Gasteiger partial charge on any atom is 0.360 e. The summed E-state index contributed by atoms with van der Waals surface area (Å²) in [4.78, 5) is 16.6. The van der Waals surface area contributed by atoms with E-state index in [1.165, 1.54) is 0 Å². The second kappa shape index (κ2) is 7.77. The van der Waals surface area contributed by atoms with Gasteiger partial charge in [0.25, 0.3) is 0 Å². The fourth-order valence-corrected chi connectivity index (χ4v) is 2.48. The number of rotatable bonds is 6. The zero-order valence-electron chi connectivity index (χ0n) is 15.0. The van der Waals surface area contributed by atoms with Crippen LogP contribution in [0, 0.1) is 6.92 Å². The number of pyridine rings is 1. The molecule has 26 heavy (non-hydrogen) atoms. The third-order valence-corrected chi connectivity index (χ3v) is 3.64. The maximum absolute atomic E-state index is 12.3. The number of aromatic nitrogens is 2. The van der Waals surface area contributed by atoms with E-state index < -0.39 is 5.97 Å². The molecular formula is C19H20N4O3. The minimum Gasteiger partial charge on any atom is -0.492 e. The van der Waals surface area contributed by atoms with Gasteiger partial charge in [0.2, 0.25) is 0 Å². The first-order valence-electron chi connectivity index (χ1n) is 8.43. The van der Waals surface area contributed by atoms with Crippen molar-refractivity contribution >= 4 is 23.1 Å². The lowest BCUT2D eigenvalue weighted by Crippen LogP contribution is -2.05. The van der Waals surface area contributed by atoms with Gasteiger partial charge >= 0.3 is 5.97 Å². The van der Waals surface area contributed by atoms with Crippen molar-refractivity contribution in [2.45, 2.75) is 20.8 Å². The molecule has 134 valence electrons. The summed E-state index contributed by atoms with van der Waals surface area (Å²) < 4.78 is 12.4. The molecule has 0 aliphatic carbocycles. The number of hydrogen-bond donors (Lipinski definition) is 0. The Kier molecular flexibility index (Phi) is 5.26. The van der Waals surface area contributed by atoms with Crippen LogP contribution in [0.25, 0.3) is 5.65 Å². The molecule has 0 aliphatic heterocycles. The highest BCUT2D eigenvalue weighted by Gasteiger charge is 2.20. The average Bonchev–Trinajstić information content (AvgIpc) is 2.99. The molecule has 0 N–H and O–H groups in total. The molecule has 0 saturated heterocycles. The highest BCUT2D eigenvalue weighted by atomic mass is 16.5. The van der Waals surface area contributed by atoms with Gasteiger partial charge < -0.3 is 9.47 Å². The predicted octanol–water partition coefficient (Wildman–Crippen LogP) is 4.63. The van der Waals surface area contributed by atoms with Crippen LogP contribution in [0.3, 0.4) is 0 Å². The van der Waals surface area contributed by atoms with E-state index in [0.29, 0.717) is 29.5 Å². The number of imidazole rings is 1. The van der Waals surface area contributed by atoms with Crippen LogP contribution in [0.1, 0.15) is 29.9 Å². The van der Waals surface area contributed by atoms with Crippen LogP contribution >= 0.6 is 0 Å². The maximum atomic E-state index is 12.3. The summed E-state index contributed by atoms with van der Waals surface area (Å²) in [7, 11) is 0. The Bertz CT molecular complexity index is 963. The van der Waals surface area contributed by atoms with E-state index >= 15 is 0 Å². The summed E-state index contributed by atoms with van der Waals surface area (Å²) in [6.45, 7) is 6.39. The van der Waals surface area contributed by atoms with Crippen LogP contribution in [0.15, 0.2) is 52.8 Å². The van der Waals surface area contributed by atoms with Crippen LogP contribution in [0.4, 0.5) is 11.5 Å². The molecule has 0 aliphatic rings. The lowest BCUT2D eigenvalue weighted by Gasteiger charge is -2.05. The number of aryl methyl sites for hydroxylation is 1. The molecule has 2 aromatic heterocycles. The largest absolute Gasteiger partial charge is 0.492 e. The van der Waals surface area contributed by atoms with E-state index in [9.17, 15) is 4.79 Å². The van der Waals surface area contributed by atoms with Gasteiger partial charge in [0.1, 0.15) is 17.1 Å². The lowest BCUT2D eigenvalue weighted by atomic mass is 10.3. The highest BCUT2D eigenvalue weighted by Crippen LogP contribution is 2.30. The molecule has 7 heteroatoms. The van der Waals surface area contributed by atoms with Gasteiger partial charge in [-0.3, -0.25) is 4.40 Å². The molecule has 0 saturated carbocycles. The van der Waals surface area contributed by atoms with Gasteiger partial charge in [-0.2, -0.15) is 0 Å². The molecule has 0 atom stereocenters. The molecule has 0 bridgehead atoms. The zero-order chi connectivity index (χ0) is 18.5. The Morgan fingerprint density at radius 2 is 1.96 bits per heavy atom. The zero-order valence-corrected chi connectivity index (χ0v) is 15.0. The Hall–Kier alpha value is -3.22. The van der Waals surface area contributed by atoms with Crippen molar-refractivity contribution in [1.29, 1.82) is 0 Å². The first-order chi connectivity index (χ1) is 12.6. The predicted molar refractivity (Wildman–Crippen MR) is 97.7 cm³/mol. The van der Waals surface area contributed by atoms with Crippen molar-refractivity contribution in [1.82, 2.24) is 9.38 Å². The average molecular weight is 352 g/mol. The van der Waals surface area contributed by atoms with E-state index in [0.717, 1.165) is 5.56 Å². The summed E-state index contributed by atoms with van der Waals surface area (Å²) in [5.74, 6) is 0.423. The van der Waals surface area contributed by atoms with Crippen molar-refractivity contribution in [2.24, 2.45) is 10.2 Å². The van der Waals surface area contributed by atoms with Crippen LogP contribution in [-0.2, 0) is 4.74 Å². The number of carbonyl (C=O) groups is 1. The Balaban J connectivity index is 2.08. The quantitative estimate of drug-likeness (QED) is 0.478. The van der Waals surface area contributed by atoms with Crippen molar-refractivity contribution < 1.29 is 14.3 Å². The van der Waals surface area contributed by atoms with E-state index in [-0.39, 0.29) is 12.3 Å². The van der Waals surface area contributed by atoms with E-state index in [4.69, 9.17) is 9.47 Å². The number of carbonyl (C=O) groups excluding carboxylic acids is 1. The van der Waals surface area contributed by atoms with Gasteiger partial charge in [0.15, 0.2) is 11.5 Å². The van der Waals surface area contributed by atoms with Gasteiger partial charge in [-0.05, 0) is 50.6 Å². The molecule has 0 radical (unpaired) electrons. The Labute approximate surface area is 151 Å². The number of benzene rings is 1. The van der Waals surface area contributed by atoms with E-state index in [2.05, 4.69) is 15.2 Å². The van der Waals surface area contributed by atoms with Crippen LogP contribution in [0.2, 0.25) is 0 Å². The van der Waals surface area contributed by atoms with Crippen molar-refractivity contribution in [3.8, 4) is 5.75 Å². The smallest absolute Gasteiger partial charge is 0.360 e. The minimum atomic E-state index is -0.527.